The Morgan fingerprint density at radius 2 is 1.63 bits per heavy atom. The van der Waals surface area contributed by atoms with Gasteiger partial charge in [0, 0.05) is 0 Å². The molecule has 0 saturated carbocycles. The zero-order valence-corrected chi connectivity index (χ0v) is 15.1. The topological polar surface area (TPSA) is 175 Å². The van der Waals surface area contributed by atoms with Gasteiger partial charge in [0.1, 0.15) is 42.7 Å². The van der Waals surface area contributed by atoms with Gasteiger partial charge >= 0.3 is 5.97 Å². The maximum atomic E-state index is 11.9. The number of hydrogen-bond donors (Lipinski definition) is 6. The number of esters is 1. The molecule has 0 bridgehead atoms. The van der Waals surface area contributed by atoms with E-state index in [1.165, 1.54) is 0 Å². The van der Waals surface area contributed by atoms with E-state index < -0.39 is 73.8 Å². The van der Waals surface area contributed by atoms with Crippen molar-refractivity contribution in [3.05, 3.63) is 0 Å². The van der Waals surface area contributed by atoms with E-state index in [4.69, 9.17) is 18.9 Å². The van der Waals surface area contributed by atoms with Crippen molar-refractivity contribution in [1.29, 1.82) is 0 Å². The molecule has 0 aromatic heterocycles. The predicted octanol–water partition coefficient (Wildman–Crippen LogP) is -3.16. The molecular formula is C16H28O11. The van der Waals surface area contributed by atoms with Gasteiger partial charge in [0.25, 0.3) is 0 Å². The van der Waals surface area contributed by atoms with Gasteiger partial charge in [-0.15, -0.1) is 0 Å². The summed E-state index contributed by atoms with van der Waals surface area (Å²) in [5.74, 6) is -1.08. The van der Waals surface area contributed by atoms with Crippen molar-refractivity contribution in [1.82, 2.24) is 0 Å². The maximum Gasteiger partial charge on any atom is 0.311 e. The standard InChI is InChI=1S/C16H28O11/c1-3-6(2)14(23)27-16-13(22)11(20)10(19)8(26-16)5-25-15-12(21)9(18)7(17)4-24-15/h6-13,15-22H,3-5H2,1-2H3/t6?,7-,8-,9+,10-,11+,12-,13-,15+,16+/m1/s1. The van der Waals surface area contributed by atoms with Gasteiger partial charge in [-0.1, -0.05) is 13.8 Å². The van der Waals surface area contributed by atoms with E-state index in [0.29, 0.717) is 6.42 Å². The van der Waals surface area contributed by atoms with E-state index in [9.17, 15) is 35.4 Å². The van der Waals surface area contributed by atoms with Crippen LogP contribution < -0.4 is 0 Å². The number of aliphatic hydroxyl groups is 6. The summed E-state index contributed by atoms with van der Waals surface area (Å²) in [5.41, 5.74) is 0. The van der Waals surface area contributed by atoms with Gasteiger partial charge in [0.05, 0.1) is 19.1 Å². The second-order valence-electron chi connectivity index (χ2n) is 6.84. The Bertz CT molecular complexity index is 489. The van der Waals surface area contributed by atoms with Gasteiger partial charge in [-0.25, -0.2) is 0 Å². The molecule has 27 heavy (non-hydrogen) atoms. The van der Waals surface area contributed by atoms with Gasteiger partial charge in [-0.2, -0.15) is 0 Å². The van der Waals surface area contributed by atoms with Crippen LogP contribution in [0.5, 0.6) is 0 Å². The lowest BCUT2D eigenvalue weighted by Gasteiger charge is -2.41. The number of aliphatic hydroxyl groups excluding tert-OH is 6. The Hall–Kier alpha value is -0.890. The highest BCUT2D eigenvalue weighted by molar-refractivity contribution is 5.72. The Morgan fingerprint density at radius 3 is 2.26 bits per heavy atom. The third-order valence-electron chi connectivity index (χ3n) is 4.79. The van der Waals surface area contributed by atoms with E-state index in [-0.39, 0.29) is 6.61 Å². The van der Waals surface area contributed by atoms with Gasteiger partial charge in [0.2, 0.25) is 6.29 Å². The molecule has 2 rings (SSSR count). The molecule has 0 aromatic carbocycles. The summed E-state index contributed by atoms with van der Waals surface area (Å²) in [6, 6.07) is 0. The van der Waals surface area contributed by atoms with Gasteiger partial charge < -0.3 is 49.6 Å². The van der Waals surface area contributed by atoms with Crippen LogP contribution in [0.1, 0.15) is 20.3 Å². The number of ether oxygens (including phenoxy) is 4. The van der Waals surface area contributed by atoms with E-state index >= 15 is 0 Å². The Balaban J connectivity index is 1.96. The molecule has 0 aromatic rings. The Morgan fingerprint density at radius 1 is 1.00 bits per heavy atom. The average Bonchev–Trinajstić information content (AvgIpc) is 2.66. The summed E-state index contributed by atoms with van der Waals surface area (Å²) in [7, 11) is 0. The fraction of sp³-hybridized carbons (Fsp3) is 0.938. The highest BCUT2D eigenvalue weighted by Crippen LogP contribution is 2.25. The molecule has 11 nitrogen and oxygen atoms in total. The van der Waals surface area contributed by atoms with E-state index in [1.54, 1.807) is 13.8 Å². The van der Waals surface area contributed by atoms with E-state index in [0.717, 1.165) is 0 Å². The van der Waals surface area contributed by atoms with Crippen LogP contribution in [0.2, 0.25) is 0 Å². The summed E-state index contributed by atoms with van der Waals surface area (Å²) in [6.07, 6.45) is -12.7. The van der Waals surface area contributed by atoms with Crippen molar-refractivity contribution in [2.24, 2.45) is 5.92 Å². The van der Waals surface area contributed by atoms with Crippen LogP contribution in [0.4, 0.5) is 0 Å². The highest BCUT2D eigenvalue weighted by Gasteiger charge is 2.47. The first-order valence-electron chi connectivity index (χ1n) is 8.84. The third-order valence-corrected chi connectivity index (χ3v) is 4.79. The Kier molecular flexibility index (Phi) is 7.92. The van der Waals surface area contributed by atoms with Crippen LogP contribution in [-0.4, -0.2) is 105 Å². The Labute approximate surface area is 156 Å². The van der Waals surface area contributed by atoms with Crippen molar-refractivity contribution in [3.63, 3.8) is 0 Å². The van der Waals surface area contributed by atoms with Crippen molar-refractivity contribution in [3.8, 4) is 0 Å². The lowest BCUT2D eigenvalue weighted by atomic mass is 9.99. The largest absolute Gasteiger partial charge is 0.433 e. The van der Waals surface area contributed by atoms with Crippen molar-refractivity contribution in [2.45, 2.75) is 75.6 Å². The SMILES string of the molecule is CCC(C)C(=O)O[C@@H]1O[C@H](CO[C@@H]2OC[C@@H](O)[C@H](O)[C@H]2O)[C@@H](O)[C@H](O)[C@H]1O. The molecule has 0 aliphatic carbocycles. The van der Waals surface area contributed by atoms with Crippen LogP contribution in [0, 0.1) is 5.92 Å². The first-order valence-corrected chi connectivity index (χ1v) is 8.84. The molecule has 2 aliphatic heterocycles. The molecule has 0 radical (unpaired) electrons. The zero-order chi connectivity index (χ0) is 20.3. The molecule has 158 valence electrons. The smallest absolute Gasteiger partial charge is 0.311 e. The number of carbonyl (C=O) groups is 1. The molecule has 0 amide bonds. The summed E-state index contributed by atoms with van der Waals surface area (Å²) in [5, 5.41) is 58.9. The van der Waals surface area contributed by atoms with Gasteiger partial charge in [-0.3, -0.25) is 4.79 Å². The average molecular weight is 396 g/mol. The third kappa shape index (κ3) is 5.13. The van der Waals surface area contributed by atoms with Crippen LogP contribution in [0.3, 0.4) is 0 Å². The molecule has 2 aliphatic rings. The van der Waals surface area contributed by atoms with E-state index in [1.807, 2.05) is 0 Å². The lowest BCUT2D eigenvalue weighted by molar-refractivity contribution is -0.315. The second kappa shape index (κ2) is 9.54. The minimum absolute atomic E-state index is 0.270. The molecule has 11 heteroatoms. The molecule has 1 unspecified atom stereocenters. The summed E-state index contributed by atoms with van der Waals surface area (Å²) in [6.45, 7) is 2.73. The number of carbonyl (C=O) groups excluding carboxylic acids is 1. The van der Waals surface area contributed by atoms with Crippen LogP contribution in [-0.2, 0) is 23.7 Å². The monoisotopic (exact) mass is 396 g/mol. The van der Waals surface area contributed by atoms with Crippen molar-refractivity contribution in [2.75, 3.05) is 13.2 Å². The van der Waals surface area contributed by atoms with Crippen molar-refractivity contribution < 1.29 is 54.4 Å². The fourth-order valence-electron chi connectivity index (χ4n) is 2.66. The second-order valence-corrected chi connectivity index (χ2v) is 6.84. The normalized spacial score (nSPS) is 43.9. The van der Waals surface area contributed by atoms with Gasteiger partial charge in [0.15, 0.2) is 6.29 Å². The fourth-order valence-corrected chi connectivity index (χ4v) is 2.66. The molecular weight excluding hydrogens is 368 g/mol. The molecule has 2 fully saturated rings. The van der Waals surface area contributed by atoms with Crippen LogP contribution in [0.15, 0.2) is 0 Å². The predicted molar refractivity (Wildman–Crippen MR) is 85.9 cm³/mol. The van der Waals surface area contributed by atoms with E-state index in [2.05, 4.69) is 0 Å². The number of rotatable bonds is 6. The summed E-state index contributed by atoms with van der Waals surface area (Å²) >= 11 is 0. The molecule has 2 saturated heterocycles. The highest BCUT2D eigenvalue weighted by atomic mass is 16.7. The van der Waals surface area contributed by atoms with Crippen molar-refractivity contribution >= 4 is 5.97 Å². The first-order chi connectivity index (χ1) is 12.7. The van der Waals surface area contributed by atoms with Crippen LogP contribution in [0.25, 0.3) is 0 Å². The quantitative estimate of drug-likeness (QED) is 0.250. The minimum Gasteiger partial charge on any atom is -0.433 e. The maximum absolute atomic E-state index is 11.9. The molecule has 6 N–H and O–H groups in total. The molecule has 10 atom stereocenters. The number of hydrogen-bond acceptors (Lipinski definition) is 11. The lowest BCUT2D eigenvalue weighted by Crippen LogP contribution is -2.60. The summed E-state index contributed by atoms with van der Waals surface area (Å²) < 4.78 is 20.7. The first kappa shape index (κ1) is 22.4. The molecule has 2 heterocycles. The zero-order valence-electron chi connectivity index (χ0n) is 15.1. The molecule has 0 spiro atoms. The minimum atomic E-state index is -1.66. The van der Waals surface area contributed by atoms with Gasteiger partial charge in [-0.05, 0) is 6.42 Å². The summed E-state index contributed by atoms with van der Waals surface area (Å²) in [4.78, 5) is 11.9. The van der Waals surface area contributed by atoms with Crippen LogP contribution >= 0.6 is 0 Å².